The van der Waals surface area contributed by atoms with Crippen molar-refractivity contribution in [3.63, 3.8) is 0 Å². The van der Waals surface area contributed by atoms with Gasteiger partial charge in [0, 0.05) is 23.3 Å². The number of nitrogens with zero attached hydrogens (tertiary/aromatic N) is 1. The highest BCUT2D eigenvalue weighted by Gasteiger charge is 2.27. The Kier molecular flexibility index (Phi) is 7.57. The molecule has 0 unspecified atom stereocenters. The minimum atomic E-state index is -4.12. The largest absolute Gasteiger partial charge is 0.497 e. The summed E-state index contributed by atoms with van der Waals surface area (Å²) in [6, 6.07) is 18.5. The molecule has 0 aliphatic heterocycles. The number of rotatable bonds is 8. The zero-order valence-electron chi connectivity index (χ0n) is 17.9. The van der Waals surface area contributed by atoms with E-state index >= 15 is 0 Å². The van der Waals surface area contributed by atoms with Gasteiger partial charge in [-0.05, 0) is 72.8 Å². The zero-order chi connectivity index (χ0) is 24.0. The monoisotopic (exact) mass is 487 g/mol. The smallest absolute Gasteiger partial charge is 0.264 e. The molecule has 33 heavy (non-hydrogen) atoms. The molecule has 0 atom stereocenters. The summed E-state index contributed by atoms with van der Waals surface area (Å²) in [5.41, 5.74) is 1.22. The molecule has 10 heteroatoms. The van der Waals surface area contributed by atoms with E-state index in [0.717, 1.165) is 4.31 Å². The van der Waals surface area contributed by atoms with Crippen molar-refractivity contribution in [2.75, 3.05) is 28.6 Å². The molecule has 3 aromatic rings. The van der Waals surface area contributed by atoms with Gasteiger partial charge in [-0.2, -0.15) is 0 Å². The first-order valence-corrected chi connectivity index (χ1v) is 11.6. The number of amides is 2. The van der Waals surface area contributed by atoms with E-state index in [1.54, 1.807) is 48.5 Å². The average Bonchev–Trinajstić information content (AvgIpc) is 2.79. The van der Waals surface area contributed by atoms with Crippen LogP contribution in [0.25, 0.3) is 0 Å². The lowest BCUT2D eigenvalue weighted by Gasteiger charge is -2.24. The molecule has 172 valence electrons. The molecule has 8 nitrogen and oxygen atoms in total. The van der Waals surface area contributed by atoms with Crippen LogP contribution >= 0.6 is 11.6 Å². The molecule has 2 amide bonds. The lowest BCUT2D eigenvalue weighted by molar-refractivity contribution is -0.115. The number of benzene rings is 3. The number of hydrogen-bond donors (Lipinski definition) is 2. The maximum absolute atomic E-state index is 13.5. The Morgan fingerprint density at radius 1 is 0.879 bits per heavy atom. The highest BCUT2D eigenvalue weighted by molar-refractivity contribution is 7.92. The van der Waals surface area contributed by atoms with E-state index in [1.165, 1.54) is 38.3 Å². The number of methoxy groups -OCH3 is 1. The van der Waals surface area contributed by atoms with Gasteiger partial charge >= 0.3 is 0 Å². The number of carbonyl (C=O) groups excluding carboxylic acids is 2. The zero-order valence-corrected chi connectivity index (χ0v) is 19.5. The minimum absolute atomic E-state index is 0.0355. The molecule has 2 N–H and O–H groups in total. The molecule has 0 fully saturated rings. The second-order valence-corrected chi connectivity index (χ2v) is 9.27. The first kappa shape index (κ1) is 24.1. The van der Waals surface area contributed by atoms with E-state index in [9.17, 15) is 18.0 Å². The SMILES string of the molecule is COc1ccc(N(CC(=O)Nc2ccc(Cl)cc2)S(=O)(=O)c2ccc(NC(C)=O)cc2)cc1. The van der Waals surface area contributed by atoms with Crippen molar-refractivity contribution in [2.24, 2.45) is 0 Å². The lowest BCUT2D eigenvalue weighted by Crippen LogP contribution is -2.38. The Morgan fingerprint density at radius 3 is 1.97 bits per heavy atom. The van der Waals surface area contributed by atoms with E-state index in [0.29, 0.717) is 22.1 Å². The van der Waals surface area contributed by atoms with Crippen molar-refractivity contribution < 1.29 is 22.7 Å². The van der Waals surface area contributed by atoms with E-state index in [1.807, 2.05) is 0 Å². The van der Waals surface area contributed by atoms with Crippen LogP contribution in [0.1, 0.15) is 6.92 Å². The fraction of sp³-hybridized carbons (Fsp3) is 0.130. The van der Waals surface area contributed by atoms with Gasteiger partial charge in [-0.1, -0.05) is 11.6 Å². The maximum Gasteiger partial charge on any atom is 0.264 e. The molecular formula is C23H22ClN3O5S. The van der Waals surface area contributed by atoms with Crippen LogP contribution in [0.5, 0.6) is 5.75 Å². The van der Waals surface area contributed by atoms with Gasteiger partial charge in [0.1, 0.15) is 12.3 Å². The number of sulfonamides is 1. The predicted molar refractivity (Wildman–Crippen MR) is 128 cm³/mol. The molecule has 0 aromatic heterocycles. The minimum Gasteiger partial charge on any atom is -0.497 e. The molecule has 3 rings (SSSR count). The van der Waals surface area contributed by atoms with E-state index < -0.39 is 22.5 Å². The third-order valence-corrected chi connectivity index (χ3v) is 6.58. The van der Waals surface area contributed by atoms with Gasteiger partial charge in [-0.15, -0.1) is 0 Å². The topological polar surface area (TPSA) is 105 Å². The van der Waals surface area contributed by atoms with Crippen LogP contribution in [0.4, 0.5) is 17.1 Å². The van der Waals surface area contributed by atoms with Gasteiger partial charge in [0.15, 0.2) is 0 Å². The maximum atomic E-state index is 13.5. The van der Waals surface area contributed by atoms with Crippen LogP contribution in [0, 0.1) is 0 Å². The van der Waals surface area contributed by atoms with Crippen LogP contribution in [0.3, 0.4) is 0 Å². The number of anilines is 3. The second-order valence-electron chi connectivity index (χ2n) is 6.97. The Bertz CT molecular complexity index is 1230. The third-order valence-electron chi connectivity index (χ3n) is 4.54. The van der Waals surface area contributed by atoms with E-state index in [-0.39, 0.29) is 16.5 Å². The van der Waals surface area contributed by atoms with Crippen LogP contribution in [-0.2, 0) is 19.6 Å². The number of hydrogen-bond acceptors (Lipinski definition) is 5. The summed E-state index contributed by atoms with van der Waals surface area (Å²) in [4.78, 5) is 23.9. The van der Waals surface area contributed by atoms with Crippen molar-refractivity contribution in [1.82, 2.24) is 0 Å². The van der Waals surface area contributed by atoms with Crippen molar-refractivity contribution in [3.05, 3.63) is 77.8 Å². The van der Waals surface area contributed by atoms with Crippen molar-refractivity contribution >= 4 is 50.5 Å². The molecule has 0 radical (unpaired) electrons. The summed E-state index contributed by atoms with van der Waals surface area (Å²) in [5.74, 6) is -0.266. The summed E-state index contributed by atoms with van der Waals surface area (Å²) >= 11 is 5.87. The highest BCUT2D eigenvalue weighted by atomic mass is 35.5. The van der Waals surface area contributed by atoms with Crippen molar-refractivity contribution in [2.45, 2.75) is 11.8 Å². The molecule has 0 spiro atoms. The van der Waals surface area contributed by atoms with Gasteiger partial charge in [0.2, 0.25) is 11.8 Å². The predicted octanol–water partition coefficient (Wildman–Crippen LogP) is 4.14. The quantitative estimate of drug-likeness (QED) is 0.497. The van der Waals surface area contributed by atoms with E-state index in [2.05, 4.69) is 10.6 Å². The molecule has 3 aromatic carbocycles. The van der Waals surface area contributed by atoms with Gasteiger partial charge in [0.25, 0.3) is 10.0 Å². The fourth-order valence-corrected chi connectivity index (χ4v) is 4.52. The Labute approximate surface area is 197 Å². The highest BCUT2D eigenvalue weighted by Crippen LogP contribution is 2.27. The number of ether oxygens (including phenoxy) is 1. The normalized spacial score (nSPS) is 10.9. The van der Waals surface area contributed by atoms with Crippen LogP contribution < -0.4 is 19.7 Å². The van der Waals surface area contributed by atoms with Crippen LogP contribution in [0.2, 0.25) is 5.02 Å². The third kappa shape index (κ3) is 6.24. The standard InChI is InChI=1S/C23H22ClN3O5S/c1-16(28)25-18-7-13-22(14-8-18)33(30,31)27(20-9-11-21(32-2)12-10-20)15-23(29)26-19-5-3-17(24)4-6-19/h3-14H,15H2,1-2H3,(H,25,28)(H,26,29). The number of nitrogens with one attached hydrogen (secondary N) is 2. The Morgan fingerprint density at radius 2 is 1.42 bits per heavy atom. The molecular weight excluding hydrogens is 466 g/mol. The molecule has 0 bridgehead atoms. The van der Waals surface area contributed by atoms with Crippen LogP contribution in [-0.4, -0.2) is 33.9 Å². The molecule has 0 heterocycles. The fourth-order valence-electron chi connectivity index (χ4n) is 2.97. The molecule has 0 saturated heterocycles. The first-order valence-electron chi connectivity index (χ1n) is 9.79. The lowest BCUT2D eigenvalue weighted by atomic mass is 10.3. The Balaban J connectivity index is 1.92. The van der Waals surface area contributed by atoms with Crippen molar-refractivity contribution in [3.8, 4) is 5.75 Å². The summed E-state index contributed by atoms with van der Waals surface area (Å²) in [7, 11) is -2.62. The first-order chi connectivity index (χ1) is 15.7. The number of halogens is 1. The second kappa shape index (κ2) is 10.4. The Hall–Kier alpha value is -3.56. The molecule has 0 aliphatic rings. The van der Waals surface area contributed by atoms with E-state index in [4.69, 9.17) is 16.3 Å². The van der Waals surface area contributed by atoms with Gasteiger partial charge < -0.3 is 15.4 Å². The molecule has 0 saturated carbocycles. The summed E-state index contributed by atoms with van der Waals surface area (Å²) in [5, 5.41) is 5.77. The molecule has 0 aliphatic carbocycles. The summed E-state index contributed by atoms with van der Waals surface area (Å²) in [6.07, 6.45) is 0. The average molecular weight is 488 g/mol. The van der Waals surface area contributed by atoms with Crippen LogP contribution in [0.15, 0.2) is 77.7 Å². The van der Waals surface area contributed by atoms with Gasteiger partial charge in [-0.25, -0.2) is 8.42 Å². The summed E-state index contributed by atoms with van der Waals surface area (Å²) in [6.45, 7) is 0.889. The van der Waals surface area contributed by atoms with Gasteiger partial charge in [0.05, 0.1) is 17.7 Å². The van der Waals surface area contributed by atoms with Crippen molar-refractivity contribution in [1.29, 1.82) is 0 Å². The van der Waals surface area contributed by atoms with Gasteiger partial charge in [-0.3, -0.25) is 13.9 Å². The number of carbonyl (C=O) groups is 2. The summed E-state index contributed by atoms with van der Waals surface area (Å²) < 4.78 is 33.1.